The zero-order chi connectivity index (χ0) is 17.1. The van der Waals surface area contributed by atoms with E-state index >= 15 is 0 Å². The van der Waals surface area contributed by atoms with Crippen molar-refractivity contribution in [1.82, 2.24) is 24.8 Å². The van der Waals surface area contributed by atoms with Crippen molar-refractivity contribution in [1.29, 1.82) is 0 Å². The molecule has 24 heavy (non-hydrogen) atoms. The van der Waals surface area contributed by atoms with E-state index in [-0.39, 0.29) is 11.9 Å². The predicted molar refractivity (Wildman–Crippen MR) is 87.9 cm³/mol. The molecule has 7 heteroatoms. The highest BCUT2D eigenvalue weighted by Crippen LogP contribution is 2.20. The lowest BCUT2D eigenvalue weighted by molar-refractivity contribution is -0.132. The summed E-state index contributed by atoms with van der Waals surface area (Å²) < 4.78 is 5.52. The molecule has 2 aromatic rings. The molecular weight excluding hydrogens is 306 g/mol. The molecule has 128 valence electrons. The zero-order valence-corrected chi connectivity index (χ0v) is 14.4. The lowest BCUT2D eigenvalue weighted by Crippen LogP contribution is -2.40. The Morgan fingerprint density at radius 3 is 2.75 bits per heavy atom. The topological polar surface area (TPSA) is 75.4 Å². The van der Waals surface area contributed by atoms with Crippen molar-refractivity contribution in [2.45, 2.75) is 46.3 Å². The van der Waals surface area contributed by atoms with Gasteiger partial charge in [-0.15, -0.1) is 0 Å². The van der Waals surface area contributed by atoms with E-state index in [0.717, 1.165) is 43.2 Å². The Hall–Kier alpha value is -2.28. The Morgan fingerprint density at radius 2 is 2.12 bits per heavy atom. The minimum atomic E-state index is 0.0489. The van der Waals surface area contributed by atoms with E-state index in [4.69, 9.17) is 4.42 Å². The van der Waals surface area contributed by atoms with Gasteiger partial charge in [-0.3, -0.25) is 19.7 Å². The van der Waals surface area contributed by atoms with Gasteiger partial charge in [0, 0.05) is 45.0 Å². The highest BCUT2D eigenvalue weighted by atomic mass is 16.4. The average molecular weight is 329 g/mol. The Bertz CT molecular complexity index is 697. The van der Waals surface area contributed by atoms with Crippen molar-refractivity contribution < 1.29 is 9.21 Å². The van der Waals surface area contributed by atoms with Crippen LogP contribution in [-0.4, -0.2) is 49.8 Å². The van der Waals surface area contributed by atoms with Gasteiger partial charge in [0.05, 0.1) is 24.1 Å². The molecule has 1 atom stereocenters. The lowest BCUT2D eigenvalue weighted by atomic mass is 10.2. The van der Waals surface area contributed by atoms with Crippen LogP contribution >= 0.6 is 0 Å². The van der Waals surface area contributed by atoms with Crippen LogP contribution in [0.3, 0.4) is 0 Å². The number of nitrogens with zero attached hydrogens (tertiary/aromatic N) is 5. The first kappa shape index (κ1) is 16.6. The Labute approximate surface area is 141 Å². The first-order valence-corrected chi connectivity index (χ1v) is 8.19. The summed E-state index contributed by atoms with van der Waals surface area (Å²) in [6.45, 7) is 8.33. The second kappa shape index (κ2) is 7.09. The van der Waals surface area contributed by atoms with Gasteiger partial charge < -0.3 is 9.32 Å². The standard InChI is InChI=1S/C17H23N5O2/c1-12-6-19-15(8-18-12)9-21-5-4-16(10-21)22(14(3)23)11-17-20-7-13(2)24-17/h6-8,16H,4-5,9-11H2,1-3H3. The summed E-state index contributed by atoms with van der Waals surface area (Å²) in [7, 11) is 0. The van der Waals surface area contributed by atoms with E-state index in [0.29, 0.717) is 12.4 Å². The summed E-state index contributed by atoms with van der Waals surface area (Å²) in [5.74, 6) is 1.40. The first-order valence-electron chi connectivity index (χ1n) is 8.19. The van der Waals surface area contributed by atoms with Crippen LogP contribution in [-0.2, 0) is 17.9 Å². The highest BCUT2D eigenvalue weighted by molar-refractivity contribution is 5.73. The van der Waals surface area contributed by atoms with Gasteiger partial charge in [0.2, 0.25) is 11.8 Å². The van der Waals surface area contributed by atoms with Crippen molar-refractivity contribution >= 4 is 5.91 Å². The van der Waals surface area contributed by atoms with Crippen molar-refractivity contribution in [3.8, 4) is 0 Å². The van der Waals surface area contributed by atoms with E-state index in [2.05, 4.69) is 19.9 Å². The maximum Gasteiger partial charge on any atom is 0.220 e. The molecule has 3 rings (SSSR count). The third kappa shape index (κ3) is 3.97. The van der Waals surface area contributed by atoms with E-state index in [1.807, 2.05) is 24.9 Å². The van der Waals surface area contributed by atoms with Crippen molar-refractivity contribution in [2.24, 2.45) is 0 Å². The fourth-order valence-electron chi connectivity index (χ4n) is 3.06. The summed E-state index contributed by atoms with van der Waals surface area (Å²) in [5.41, 5.74) is 1.88. The summed E-state index contributed by atoms with van der Waals surface area (Å²) >= 11 is 0. The van der Waals surface area contributed by atoms with Crippen molar-refractivity contribution in [3.05, 3.63) is 41.6 Å². The molecule has 7 nitrogen and oxygen atoms in total. The van der Waals surface area contributed by atoms with Crippen LogP contribution in [0.1, 0.15) is 36.4 Å². The number of hydrogen-bond donors (Lipinski definition) is 0. The zero-order valence-electron chi connectivity index (χ0n) is 14.4. The second-order valence-electron chi connectivity index (χ2n) is 6.34. The minimum Gasteiger partial charge on any atom is -0.444 e. The molecule has 0 spiro atoms. The van der Waals surface area contributed by atoms with Gasteiger partial charge in [-0.05, 0) is 20.3 Å². The first-order chi connectivity index (χ1) is 11.5. The fourth-order valence-corrected chi connectivity index (χ4v) is 3.06. The molecule has 0 bridgehead atoms. The molecule has 1 fully saturated rings. The Kier molecular flexibility index (Phi) is 4.89. The molecule has 0 aromatic carbocycles. The molecule has 1 amide bonds. The number of aryl methyl sites for hydroxylation is 2. The molecule has 2 aromatic heterocycles. The summed E-state index contributed by atoms with van der Waals surface area (Å²) in [6.07, 6.45) is 6.24. The van der Waals surface area contributed by atoms with E-state index < -0.39 is 0 Å². The number of likely N-dealkylation sites (tertiary alicyclic amines) is 1. The van der Waals surface area contributed by atoms with Gasteiger partial charge in [-0.1, -0.05) is 0 Å². The molecule has 0 saturated carbocycles. The van der Waals surface area contributed by atoms with Gasteiger partial charge >= 0.3 is 0 Å². The number of aromatic nitrogens is 3. The maximum absolute atomic E-state index is 12.1. The third-order valence-corrected chi connectivity index (χ3v) is 4.29. The number of amides is 1. The average Bonchev–Trinajstić information content (AvgIpc) is 3.16. The number of oxazole rings is 1. The number of carbonyl (C=O) groups excluding carboxylic acids is 1. The van der Waals surface area contributed by atoms with Crippen LogP contribution in [0.5, 0.6) is 0 Å². The number of carbonyl (C=O) groups is 1. The second-order valence-corrected chi connectivity index (χ2v) is 6.34. The molecule has 0 N–H and O–H groups in total. The fraction of sp³-hybridized carbons (Fsp3) is 0.529. The van der Waals surface area contributed by atoms with E-state index in [1.165, 1.54) is 0 Å². The molecular formula is C17H23N5O2. The Morgan fingerprint density at radius 1 is 1.29 bits per heavy atom. The molecule has 1 aliphatic heterocycles. The molecule has 1 unspecified atom stereocenters. The van der Waals surface area contributed by atoms with Gasteiger partial charge in [0.15, 0.2) is 0 Å². The van der Waals surface area contributed by atoms with Crippen LogP contribution in [0, 0.1) is 13.8 Å². The quantitative estimate of drug-likeness (QED) is 0.831. The predicted octanol–water partition coefficient (Wildman–Crippen LogP) is 1.70. The smallest absolute Gasteiger partial charge is 0.220 e. The van der Waals surface area contributed by atoms with Crippen molar-refractivity contribution in [2.75, 3.05) is 13.1 Å². The van der Waals surface area contributed by atoms with E-state index in [1.54, 1.807) is 19.3 Å². The minimum absolute atomic E-state index is 0.0489. The summed E-state index contributed by atoms with van der Waals surface area (Å²) in [4.78, 5) is 29.1. The van der Waals surface area contributed by atoms with Gasteiger partial charge in [-0.2, -0.15) is 0 Å². The van der Waals surface area contributed by atoms with Crippen LogP contribution in [0.25, 0.3) is 0 Å². The van der Waals surface area contributed by atoms with Gasteiger partial charge in [0.1, 0.15) is 5.76 Å². The van der Waals surface area contributed by atoms with Crippen LogP contribution < -0.4 is 0 Å². The lowest BCUT2D eigenvalue weighted by Gasteiger charge is -2.27. The Balaban J connectivity index is 1.61. The van der Waals surface area contributed by atoms with Gasteiger partial charge in [0.25, 0.3) is 0 Å². The molecule has 0 aliphatic carbocycles. The normalized spacial score (nSPS) is 18.0. The molecule has 3 heterocycles. The van der Waals surface area contributed by atoms with Crippen LogP contribution in [0.2, 0.25) is 0 Å². The maximum atomic E-state index is 12.1. The number of rotatable bonds is 5. The molecule has 1 aliphatic rings. The number of hydrogen-bond acceptors (Lipinski definition) is 6. The monoisotopic (exact) mass is 329 g/mol. The highest BCUT2D eigenvalue weighted by Gasteiger charge is 2.30. The summed E-state index contributed by atoms with van der Waals surface area (Å²) in [5, 5.41) is 0. The third-order valence-electron chi connectivity index (χ3n) is 4.29. The van der Waals surface area contributed by atoms with E-state index in [9.17, 15) is 4.79 Å². The van der Waals surface area contributed by atoms with Crippen molar-refractivity contribution in [3.63, 3.8) is 0 Å². The van der Waals surface area contributed by atoms with Gasteiger partial charge in [-0.25, -0.2) is 4.98 Å². The summed E-state index contributed by atoms with van der Waals surface area (Å²) in [6, 6.07) is 0.174. The van der Waals surface area contributed by atoms with Crippen LogP contribution in [0.4, 0.5) is 0 Å². The van der Waals surface area contributed by atoms with Crippen LogP contribution in [0.15, 0.2) is 23.0 Å². The molecule has 0 radical (unpaired) electrons. The molecule has 1 saturated heterocycles. The largest absolute Gasteiger partial charge is 0.444 e. The SMILES string of the molecule is CC(=O)N(Cc1ncc(C)o1)C1CCN(Cc2cnc(C)cn2)C1.